The maximum atomic E-state index is 9.96. The first kappa shape index (κ1) is 14.1. The van der Waals surface area contributed by atoms with Crippen molar-refractivity contribution in [3.05, 3.63) is 35.4 Å². The Morgan fingerprint density at radius 2 is 2.18 bits per heavy atom. The lowest BCUT2D eigenvalue weighted by Gasteiger charge is -2.18. The van der Waals surface area contributed by atoms with Crippen LogP contribution in [0.2, 0.25) is 0 Å². The van der Waals surface area contributed by atoms with Crippen molar-refractivity contribution in [2.24, 2.45) is 5.73 Å². The van der Waals surface area contributed by atoms with Crippen molar-refractivity contribution in [3.63, 3.8) is 0 Å². The molecule has 0 aliphatic heterocycles. The topological polar surface area (TPSA) is 78.5 Å². The van der Waals surface area contributed by atoms with Gasteiger partial charge in [-0.15, -0.1) is 0 Å². The number of aliphatic hydroxyl groups is 2. The summed E-state index contributed by atoms with van der Waals surface area (Å²) in [6, 6.07) is 6.99. The molecule has 94 valence electrons. The molecule has 0 fully saturated rings. The molecule has 17 heavy (non-hydrogen) atoms. The van der Waals surface area contributed by atoms with E-state index in [-0.39, 0.29) is 4.99 Å². The van der Waals surface area contributed by atoms with Crippen molar-refractivity contribution < 1.29 is 10.2 Å². The third kappa shape index (κ3) is 4.05. The van der Waals surface area contributed by atoms with Crippen LogP contribution in [-0.2, 0) is 0 Å². The summed E-state index contributed by atoms with van der Waals surface area (Å²) in [7, 11) is 1.80. The average molecular weight is 254 g/mol. The molecule has 1 aromatic carbocycles. The SMILES string of the molecule is CNCCC(O)C(O)c1cccc(C(N)=S)c1. The van der Waals surface area contributed by atoms with E-state index in [4.69, 9.17) is 18.0 Å². The van der Waals surface area contributed by atoms with Crippen LogP contribution >= 0.6 is 12.2 Å². The summed E-state index contributed by atoms with van der Waals surface area (Å²) in [6.07, 6.45) is -1.24. The Morgan fingerprint density at radius 1 is 1.47 bits per heavy atom. The predicted octanol–water partition coefficient (Wildman–Crippen LogP) is 0.325. The molecule has 0 amide bonds. The van der Waals surface area contributed by atoms with E-state index in [0.29, 0.717) is 24.1 Å². The first-order valence-corrected chi connectivity index (χ1v) is 5.87. The molecule has 0 bridgehead atoms. The lowest BCUT2D eigenvalue weighted by atomic mass is 10.00. The third-order valence-electron chi connectivity index (χ3n) is 2.57. The molecule has 2 atom stereocenters. The zero-order chi connectivity index (χ0) is 12.8. The highest BCUT2D eigenvalue weighted by Crippen LogP contribution is 2.19. The van der Waals surface area contributed by atoms with Gasteiger partial charge in [0.15, 0.2) is 0 Å². The predicted molar refractivity (Wildman–Crippen MR) is 71.8 cm³/mol. The Bertz CT molecular complexity index is 385. The van der Waals surface area contributed by atoms with Crippen molar-refractivity contribution in [1.82, 2.24) is 5.32 Å². The van der Waals surface area contributed by atoms with Gasteiger partial charge in [0.2, 0.25) is 0 Å². The van der Waals surface area contributed by atoms with Crippen LogP contribution in [0.25, 0.3) is 0 Å². The molecule has 0 radical (unpaired) electrons. The molecule has 5 heteroatoms. The second-order valence-electron chi connectivity index (χ2n) is 3.89. The molecule has 4 nitrogen and oxygen atoms in total. The van der Waals surface area contributed by atoms with Gasteiger partial charge in [-0.25, -0.2) is 0 Å². The molecule has 0 heterocycles. The van der Waals surface area contributed by atoms with E-state index in [1.165, 1.54) is 0 Å². The Labute approximate surface area is 106 Å². The lowest BCUT2D eigenvalue weighted by molar-refractivity contribution is 0.0140. The highest BCUT2D eigenvalue weighted by Gasteiger charge is 2.18. The van der Waals surface area contributed by atoms with Gasteiger partial charge in [-0.2, -0.15) is 0 Å². The number of hydrogen-bond acceptors (Lipinski definition) is 4. The molecule has 5 N–H and O–H groups in total. The molecule has 0 saturated carbocycles. The Morgan fingerprint density at radius 3 is 2.76 bits per heavy atom. The minimum Gasteiger partial charge on any atom is -0.390 e. The van der Waals surface area contributed by atoms with Crippen LogP contribution in [0.3, 0.4) is 0 Å². The normalized spacial score (nSPS) is 14.3. The van der Waals surface area contributed by atoms with Gasteiger partial charge in [-0.3, -0.25) is 0 Å². The van der Waals surface area contributed by atoms with E-state index in [9.17, 15) is 10.2 Å². The molecule has 0 spiro atoms. The zero-order valence-electron chi connectivity index (χ0n) is 9.76. The Balaban J connectivity index is 2.77. The molecule has 0 aromatic heterocycles. The van der Waals surface area contributed by atoms with Gasteiger partial charge in [0, 0.05) is 5.56 Å². The average Bonchev–Trinajstić information content (AvgIpc) is 2.35. The fourth-order valence-corrected chi connectivity index (χ4v) is 1.68. The van der Waals surface area contributed by atoms with Gasteiger partial charge in [0.1, 0.15) is 11.1 Å². The first-order valence-electron chi connectivity index (χ1n) is 5.46. The van der Waals surface area contributed by atoms with Crippen LogP contribution in [0.4, 0.5) is 0 Å². The van der Waals surface area contributed by atoms with Crippen molar-refractivity contribution in [2.75, 3.05) is 13.6 Å². The second-order valence-corrected chi connectivity index (χ2v) is 4.33. The van der Waals surface area contributed by atoms with Gasteiger partial charge in [-0.1, -0.05) is 30.4 Å². The molecule has 1 rings (SSSR count). The molecular formula is C12H18N2O2S. The van der Waals surface area contributed by atoms with E-state index in [1.807, 2.05) is 0 Å². The van der Waals surface area contributed by atoms with Crippen LogP contribution in [0.5, 0.6) is 0 Å². The summed E-state index contributed by atoms with van der Waals surface area (Å²) < 4.78 is 0. The van der Waals surface area contributed by atoms with Gasteiger partial charge in [0.05, 0.1) is 6.10 Å². The summed E-state index contributed by atoms with van der Waals surface area (Å²) in [6.45, 7) is 0.646. The van der Waals surface area contributed by atoms with E-state index >= 15 is 0 Å². The highest BCUT2D eigenvalue weighted by molar-refractivity contribution is 7.80. The van der Waals surface area contributed by atoms with E-state index in [2.05, 4.69) is 5.32 Å². The molecular weight excluding hydrogens is 236 g/mol. The molecule has 0 saturated heterocycles. The Hall–Kier alpha value is -1.01. The highest BCUT2D eigenvalue weighted by atomic mass is 32.1. The number of nitrogens with two attached hydrogens (primary N) is 1. The Kier molecular flexibility index (Phi) is 5.50. The maximum Gasteiger partial charge on any atom is 0.105 e. The van der Waals surface area contributed by atoms with E-state index in [1.54, 1.807) is 31.3 Å². The molecule has 0 aliphatic carbocycles. The third-order valence-corrected chi connectivity index (χ3v) is 2.80. The number of nitrogens with one attached hydrogen (secondary N) is 1. The van der Waals surface area contributed by atoms with Crippen molar-refractivity contribution in [2.45, 2.75) is 18.6 Å². The first-order chi connectivity index (χ1) is 8.06. The van der Waals surface area contributed by atoms with Crippen LogP contribution in [0.15, 0.2) is 24.3 Å². The van der Waals surface area contributed by atoms with Crippen molar-refractivity contribution in [1.29, 1.82) is 0 Å². The van der Waals surface area contributed by atoms with Crippen molar-refractivity contribution >= 4 is 17.2 Å². The van der Waals surface area contributed by atoms with E-state index in [0.717, 1.165) is 0 Å². The molecule has 0 aliphatic rings. The standard InChI is InChI=1S/C12H18N2O2S/c1-14-6-5-10(15)11(16)8-3-2-4-9(7-8)12(13)17/h2-4,7,10-11,14-16H,5-6H2,1H3,(H2,13,17). The summed E-state index contributed by atoms with van der Waals surface area (Å²) >= 11 is 4.87. The van der Waals surface area contributed by atoms with Gasteiger partial charge < -0.3 is 21.3 Å². The lowest BCUT2D eigenvalue weighted by Crippen LogP contribution is -2.23. The van der Waals surface area contributed by atoms with Gasteiger partial charge in [-0.05, 0) is 31.6 Å². The second kappa shape index (κ2) is 6.66. The number of thiocarbonyl (C=S) groups is 1. The summed E-state index contributed by atoms with van der Waals surface area (Å²) in [4.78, 5) is 0.281. The maximum absolute atomic E-state index is 9.96. The van der Waals surface area contributed by atoms with Crippen LogP contribution in [0.1, 0.15) is 23.7 Å². The van der Waals surface area contributed by atoms with Crippen molar-refractivity contribution in [3.8, 4) is 0 Å². The quantitative estimate of drug-likeness (QED) is 0.550. The zero-order valence-corrected chi connectivity index (χ0v) is 10.6. The van der Waals surface area contributed by atoms with E-state index < -0.39 is 12.2 Å². The smallest absolute Gasteiger partial charge is 0.105 e. The minimum atomic E-state index is -0.919. The summed E-state index contributed by atoms with van der Waals surface area (Å²) in [5.74, 6) is 0. The number of aliphatic hydroxyl groups excluding tert-OH is 2. The number of rotatable bonds is 6. The monoisotopic (exact) mass is 254 g/mol. The van der Waals surface area contributed by atoms with Gasteiger partial charge >= 0.3 is 0 Å². The largest absolute Gasteiger partial charge is 0.390 e. The summed E-state index contributed by atoms with van der Waals surface area (Å²) in [5.41, 5.74) is 6.83. The summed E-state index contributed by atoms with van der Waals surface area (Å²) in [5, 5.41) is 22.7. The van der Waals surface area contributed by atoms with Crippen LogP contribution in [-0.4, -0.2) is 34.9 Å². The minimum absolute atomic E-state index is 0.281. The van der Waals surface area contributed by atoms with Gasteiger partial charge in [0.25, 0.3) is 0 Å². The fourth-order valence-electron chi connectivity index (χ4n) is 1.55. The molecule has 2 unspecified atom stereocenters. The molecule has 1 aromatic rings. The fraction of sp³-hybridized carbons (Fsp3) is 0.417. The van der Waals surface area contributed by atoms with Crippen LogP contribution in [0, 0.1) is 0 Å². The number of benzene rings is 1. The number of hydrogen-bond donors (Lipinski definition) is 4. The van der Waals surface area contributed by atoms with Crippen LogP contribution < -0.4 is 11.1 Å².